The van der Waals surface area contributed by atoms with Crippen LogP contribution in [0.3, 0.4) is 0 Å². The molecule has 1 aromatic rings. The van der Waals surface area contributed by atoms with Crippen molar-refractivity contribution >= 4 is 0 Å². The summed E-state index contributed by atoms with van der Waals surface area (Å²) in [7, 11) is 1.48. The summed E-state index contributed by atoms with van der Waals surface area (Å²) in [6, 6.07) is 3.53. The van der Waals surface area contributed by atoms with Crippen molar-refractivity contribution in [3.05, 3.63) is 29.1 Å². The van der Waals surface area contributed by atoms with Gasteiger partial charge in [0.1, 0.15) is 0 Å². The zero-order chi connectivity index (χ0) is 11.1. The highest BCUT2D eigenvalue weighted by atomic mass is 19.1. The van der Waals surface area contributed by atoms with Crippen molar-refractivity contribution in [3.8, 4) is 5.75 Å². The molecule has 2 rings (SSSR count). The van der Waals surface area contributed by atoms with Crippen LogP contribution >= 0.6 is 0 Å². The second kappa shape index (κ2) is 3.49. The Morgan fingerprint density at radius 2 is 2.07 bits per heavy atom. The van der Waals surface area contributed by atoms with Gasteiger partial charge in [0.2, 0.25) is 0 Å². The van der Waals surface area contributed by atoms with Gasteiger partial charge in [-0.25, -0.2) is 4.39 Å². The molecule has 0 unspecified atom stereocenters. The van der Waals surface area contributed by atoms with Gasteiger partial charge >= 0.3 is 0 Å². The van der Waals surface area contributed by atoms with Gasteiger partial charge in [0.05, 0.1) is 7.11 Å². The van der Waals surface area contributed by atoms with E-state index in [-0.39, 0.29) is 5.82 Å². The number of rotatable bonds is 2. The number of aryl methyl sites for hydroxylation is 1. The fourth-order valence-corrected chi connectivity index (χ4v) is 2.07. The van der Waals surface area contributed by atoms with Crippen LogP contribution in [-0.4, -0.2) is 7.11 Å². The highest BCUT2D eigenvalue weighted by Gasteiger charge is 2.37. The number of nitrogens with two attached hydrogens (primary N) is 1. The van der Waals surface area contributed by atoms with Crippen LogP contribution in [0, 0.1) is 12.7 Å². The maximum absolute atomic E-state index is 14.0. The molecule has 82 valence electrons. The smallest absolute Gasteiger partial charge is 0.170 e. The third-order valence-electron chi connectivity index (χ3n) is 3.19. The summed E-state index contributed by atoms with van der Waals surface area (Å²) in [6.07, 6.45) is 2.79. The number of hydrogen-bond donors (Lipinski definition) is 1. The first-order valence-corrected chi connectivity index (χ1v) is 5.20. The van der Waals surface area contributed by atoms with E-state index in [1.54, 1.807) is 6.07 Å². The average molecular weight is 209 g/mol. The lowest BCUT2D eigenvalue weighted by molar-refractivity contribution is 0.242. The molecule has 3 heteroatoms. The monoisotopic (exact) mass is 209 g/mol. The Hall–Kier alpha value is -1.09. The summed E-state index contributed by atoms with van der Waals surface area (Å²) < 4.78 is 19.0. The molecule has 1 aromatic carbocycles. The van der Waals surface area contributed by atoms with Crippen LogP contribution in [0.1, 0.15) is 30.4 Å². The molecule has 1 aliphatic rings. The first kappa shape index (κ1) is 10.4. The molecule has 0 radical (unpaired) electrons. The number of ether oxygens (including phenoxy) is 1. The van der Waals surface area contributed by atoms with Gasteiger partial charge in [-0.2, -0.15) is 0 Å². The second-order valence-electron chi connectivity index (χ2n) is 4.34. The van der Waals surface area contributed by atoms with E-state index in [0.717, 1.165) is 24.8 Å². The van der Waals surface area contributed by atoms with Crippen molar-refractivity contribution < 1.29 is 9.13 Å². The largest absolute Gasteiger partial charge is 0.494 e. The van der Waals surface area contributed by atoms with Crippen LogP contribution in [0.2, 0.25) is 0 Å². The van der Waals surface area contributed by atoms with E-state index in [0.29, 0.717) is 11.3 Å². The van der Waals surface area contributed by atoms with Crippen molar-refractivity contribution in [1.82, 2.24) is 0 Å². The second-order valence-corrected chi connectivity index (χ2v) is 4.34. The molecule has 0 amide bonds. The van der Waals surface area contributed by atoms with Crippen LogP contribution in [0.25, 0.3) is 0 Å². The van der Waals surface area contributed by atoms with E-state index in [4.69, 9.17) is 10.5 Å². The van der Waals surface area contributed by atoms with Gasteiger partial charge in [-0.1, -0.05) is 6.07 Å². The fourth-order valence-electron chi connectivity index (χ4n) is 2.07. The molecule has 2 N–H and O–H groups in total. The fraction of sp³-hybridized carbons (Fsp3) is 0.500. The Morgan fingerprint density at radius 3 is 2.53 bits per heavy atom. The summed E-state index contributed by atoms with van der Waals surface area (Å²) >= 11 is 0. The van der Waals surface area contributed by atoms with E-state index in [2.05, 4.69) is 0 Å². The Labute approximate surface area is 89.2 Å². The molecule has 1 fully saturated rings. The third kappa shape index (κ3) is 1.61. The average Bonchev–Trinajstić information content (AvgIpc) is 2.17. The summed E-state index contributed by atoms with van der Waals surface area (Å²) in [5.41, 5.74) is 7.24. The molecule has 1 saturated carbocycles. The van der Waals surface area contributed by atoms with E-state index >= 15 is 0 Å². The molecule has 2 nitrogen and oxygen atoms in total. The standard InChI is InChI=1S/C12H16FNO/c1-8-6-9(12(14)4-3-5-12)11(13)10(7-8)15-2/h6-7H,3-5,14H2,1-2H3. The van der Waals surface area contributed by atoms with Gasteiger partial charge in [0.25, 0.3) is 0 Å². The topological polar surface area (TPSA) is 35.2 Å². The lowest BCUT2D eigenvalue weighted by Crippen LogP contribution is -2.44. The van der Waals surface area contributed by atoms with Gasteiger partial charge in [-0.05, 0) is 37.8 Å². The van der Waals surface area contributed by atoms with Crippen LogP contribution in [0.4, 0.5) is 4.39 Å². The van der Waals surface area contributed by atoms with Crippen LogP contribution in [-0.2, 0) is 5.54 Å². The highest BCUT2D eigenvalue weighted by Crippen LogP contribution is 2.41. The minimum atomic E-state index is -0.469. The molecule has 15 heavy (non-hydrogen) atoms. The molecule has 0 spiro atoms. The Balaban J connectivity index is 2.50. The molecule has 0 bridgehead atoms. The highest BCUT2D eigenvalue weighted by molar-refractivity contribution is 5.40. The van der Waals surface area contributed by atoms with Gasteiger partial charge in [-0.3, -0.25) is 0 Å². The van der Waals surface area contributed by atoms with Gasteiger partial charge in [-0.15, -0.1) is 0 Å². The summed E-state index contributed by atoms with van der Waals surface area (Å²) in [5, 5.41) is 0. The molecule has 0 aliphatic heterocycles. The van der Waals surface area contributed by atoms with E-state index in [9.17, 15) is 4.39 Å². The van der Waals surface area contributed by atoms with Crippen molar-refractivity contribution in [2.45, 2.75) is 31.7 Å². The normalized spacial score (nSPS) is 18.4. The number of hydrogen-bond acceptors (Lipinski definition) is 2. The molecular formula is C12H16FNO. The first-order valence-electron chi connectivity index (χ1n) is 5.20. The van der Waals surface area contributed by atoms with Gasteiger partial charge < -0.3 is 10.5 Å². The van der Waals surface area contributed by atoms with Crippen molar-refractivity contribution in [2.24, 2.45) is 5.73 Å². The minimum absolute atomic E-state index is 0.293. The van der Waals surface area contributed by atoms with Gasteiger partial charge in [0, 0.05) is 11.1 Å². The lowest BCUT2D eigenvalue weighted by atomic mass is 9.72. The molecular weight excluding hydrogens is 193 g/mol. The maximum atomic E-state index is 14.0. The first-order chi connectivity index (χ1) is 7.07. The van der Waals surface area contributed by atoms with Crippen LogP contribution < -0.4 is 10.5 Å². The minimum Gasteiger partial charge on any atom is -0.494 e. The van der Waals surface area contributed by atoms with Crippen molar-refractivity contribution in [3.63, 3.8) is 0 Å². The predicted molar refractivity (Wildman–Crippen MR) is 57.4 cm³/mol. The van der Waals surface area contributed by atoms with E-state index in [1.165, 1.54) is 7.11 Å². The third-order valence-corrected chi connectivity index (χ3v) is 3.19. The molecule has 0 atom stereocenters. The van der Waals surface area contributed by atoms with E-state index < -0.39 is 5.54 Å². The number of benzene rings is 1. The molecule has 1 aliphatic carbocycles. The lowest BCUT2D eigenvalue weighted by Gasteiger charge is -2.39. The summed E-state index contributed by atoms with van der Waals surface area (Å²) in [4.78, 5) is 0. The Kier molecular flexibility index (Phi) is 2.43. The quantitative estimate of drug-likeness (QED) is 0.812. The van der Waals surface area contributed by atoms with Gasteiger partial charge in [0.15, 0.2) is 11.6 Å². The van der Waals surface area contributed by atoms with Crippen molar-refractivity contribution in [2.75, 3.05) is 7.11 Å². The zero-order valence-corrected chi connectivity index (χ0v) is 9.14. The number of methoxy groups -OCH3 is 1. The molecule has 0 heterocycles. The Bertz CT molecular complexity index is 385. The molecule has 0 saturated heterocycles. The summed E-state index contributed by atoms with van der Waals surface area (Å²) in [6.45, 7) is 1.92. The Morgan fingerprint density at radius 1 is 1.40 bits per heavy atom. The number of halogens is 1. The zero-order valence-electron chi connectivity index (χ0n) is 9.14. The van der Waals surface area contributed by atoms with E-state index in [1.807, 2.05) is 13.0 Å². The van der Waals surface area contributed by atoms with Crippen LogP contribution in [0.5, 0.6) is 5.75 Å². The van der Waals surface area contributed by atoms with Crippen LogP contribution in [0.15, 0.2) is 12.1 Å². The maximum Gasteiger partial charge on any atom is 0.170 e. The predicted octanol–water partition coefficient (Wildman–Crippen LogP) is 2.48. The van der Waals surface area contributed by atoms with Crippen molar-refractivity contribution in [1.29, 1.82) is 0 Å². The summed E-state index contributed by atoms with van der Waals surface area (Å²) in [5.74, 6) is -0.00738. The molecule has 0 aromatic heterocycles. The SMILES string of the molecule is COc1cc(C)cc(C2(N)CCC2)c1F.